The molecular weight excluding hydrogens is 288 g/mol. The molecule has 0 saturated carbocycles. The molecule has 0 fully saturated rings. The van der Waals surface area contributed by atoms with Crippen LogP contribution in [0.25, 0.3) is 0 Å². The van der Waals surface area contributed by atoms with Crippen LogP contribution >= 0.6 is 0 Å². The molecule has 22 heavy (non-hydrogen) atoms. The van der Waals surface area contributed by atoms with Crippen molar-refractivity contribution in [3.63, 3.8) is 0 Å². The van der Waals surface area contributed by atoms with Gasteiger partial charge >= 0.3 is 6.09 Å². The number of nitrogens with one attached hydrogen (secondary N) is 2. The minimum atomic E-state index is -0.560. The molecule has 3 N–H and O–H groups in total. The molecule has 0 aromatic carbocycles. The second kappa shape index (κ2) is 6.35. The first-order valence-corrected chi connectivity index (χ1v) is 7.25. The molecule has 0 unspecified atom stereocenters. The molecule has 2 amide bonds. The Morgan fingerprint density at radius 2 is 2.18 bits per heavy atom. The number of ether oxygens (including phenoxy) is 1. The van der Waals surface area contributed by atoms with Crippen molar-refractivity contribution in [1.82, 2.24) is 20.4 Å². The highest BCUT2D eigenvalue weighted by atomic mass is 16.6. The van der Waals surface area contributed by atoms with Crippen molar-refractivity contribution in [2.24, 2.45) is 0 Å². The number of aromatic amines is 1. The predicted molar refractivity (Wildman–Crippen MR) is 78.4 cm³/mol. The number of aliphatic hydroxyl groups is 1. The maximum atomic E-state index is 12.1. The zero-order valence-corrected chi connectivity index (χ0v) is 13.1. The number of rotatable bonds is 3. The molecule has 8 nitrogen and oxygen atoms in total. The van der Waals surface area contributed by atoms with Gasteiger partial charge < -0.3 is 20.1 Å². The van der Waals surface area contributed by atoms with Crippen LogP contribution in [0.5, 0.6) is 0 Å². The number of amides is 2. The van der Waals surface area contributed by atoms with E-state index in [1.165, 1.54) is 0 Å². The van der Waals surface area contributed by atoms with E-state index >= 15 is 0 Å². The first kappa shape index (κ1) is 16.3. The van der Waals surface area contributed by atoms with Gasteiger partial charge in [0.05, 0.1) is 13.2 Å². The average Bonchev–Trinajstić information content (AvgIpc) is 2.85. The molecule has 1 aromatic rings. The molecule has 1 aliphatic rings. The Kier molecular flexibility index (Phi) is 4.70. The van der Waals surface area contributed by atoms with Gasteiger partial charge in [-0.3, -0.25) is 9.89 Å². The van der Waals surface area contributed by atoms with Crippen molar-refractivity contribution < 1.29 is 19.4 Å². The third-order valence-corrected chi connectivity index (χ3v) is 3.20. The molecule has 1 aliphatic heterocycles. The van der Waals surface area contributed by atoms with Gasteiger partial charge in [0, 0.05) is 30.8 Å². The summed E-state index contributed by atoms with van der Waals surface area (Å²) in [5.74, 6) is -0.363. The second-order valence-electron chi connectivity index (χ2n) is 6.16. The van der Waals surface area contributed by atoms with Crippen LogP contribution in [0, 0.1) is 0 Å². The molecule has 2 rings (SSSR count). The van der Waals surface area contributed by atoms with Gasteiger partial charge in [0.2, 0.25) is 0 Å². The highest BCUT2D eigenvalue weighted by Gasteiger charge is 2.30. The zero-order chi connectivity index (χ0) is 16.3. The van der Waals surface area contributed by atoms with E-state index in [-0.39, 0.29) is 31.3 Å². The van der Waals surface area contributed by atoms with Crippen LogP contribution in [0.3, 0.4) is 0 Å². The van der Waals surface area contributed by atoms with Crippen molar-refractivity contribution in [2.45, 2.75) is 39.3 Å². The normalized spacial score (nSPS) is 14.5. The molecule has 2 heterocycles. The van der Waals surface area contributed by atoms with Crippen LogP contribution < -0.4 is 5.32 Å². The number of aromatic nitrogens is 2. The van der Waals surface area contributed by atoms with E-state index in [1.807, 2.05) is 20.8 Å². The number of carbonyl (C=O) groups excluding carboxylic acids is 2. The van der Waals surface area contributed by atoms with E-state index in [4.69, 9.17) is 9.84 Å². The molecule has 8 heteroatoms. The SMILES string of the molecule is CC(C)(C)OC(=O)N1CCc2[nH]nc(C(=O)NCCO)c2C1. The van der Waals surface area contributed by atoms with Crippen LogP contribution in [0.2, 0.25) is 0 Å². The van der Waals surface area contributed by atoms with Crippen molar-refractivity contribution in [3.05, 3.63) is 17.0 Å². The summed E-state index contributed by atoms with van der Waals surface area (Å²) in [6.07, 6.45) is 0.190. The van der Waals surface area contributed by atoms with Crippen LogP contribution in [-0.4, -0.2) is 57.5 Å². The van der Waals surface area contributed by atoms with E-state index in [2.05, 4.69) is 15.5 Å². The first-order chi connectivity index (χ1) is 10.3. The van der Waals surface area contributed by atoms with Crippen LogP contribution in [-0.2, 0) is 17.7 Å². The molecule has 0 bridgehead atoms. The zero-order valence-electron chi connectivity index (χ0n) is 13.1. The number of fused-ring (bicyclic) bond motifs is 1. The third-order valence-electron chi connectivity index (χ3n) is 3.20. The second-order valence-corrected chi connectivity index (χ2v) is 6.16. The van der Waals surface area contributed by atoms with E-state index in [1.54, 1.807) is 4.90 Å². The fourth-order valence-corrected chi connectivity index (χ4v) is 2.22. The minimum Gasteiger partial charge on any atom is -0.444 e. The van der Waals surface area contributed by atoms with Crippen molar-refractivity contribution in [3.8, 4) is 0 Å². The monoisotopic (exact) mass is 310 g/mol. The van der Waals surface area contributed by atoms with Gasteiger partial charge in [0.15, 0.2) is 5.69 Å². The molecule has 0 aliphatic carbocycles. The van der Waals surface area contributed by atoms with E-state index in [9.17, 15) is 9.59 Å². The molecule has 0 spiro atoms. The van der Waals surface area contributed by atoms with Crippen LogP contribution in [0.1, 0.15) is 42.5 Å². The number of aliphatic hydroxyl groups excluding tert-OH is 1. The summed E-state index contributed by atoms with van der Waals surface area (Å²) < 4.78 is 5.36. The maximum absolute atomic E-state index is 12.1. The summed E-state index contributed by atoms with van der Waals surface area (Å²) in [7, 11) is 0. The maximum Gasteiger partial charge on any atom is 0.410 e. The Labute approximate surface area is 128 Å². The standard InChI is InChI=1S/C14H22N4O4/c1-14(2,3)22-13(21)18-6-4-10-9(8-18)11(17-16-10)12(20)15-5-7-19/h19H,4-8H2,1-3H3,(H,15,20)(H,16,17). The summed E-state index contributed by atoms with van der Waals surface area (Å²) in [6, 6.07) is 0. The van der Waals surface area contributed by atoms with Crippen LogP contribution in [0.4, 0.5) is 4.79 Å². The number of hydrogen-bond acceptors (Lipinski definition) is 5. The van der Waals surface area contributed by atoms with Gasteiger partial charge in [-0.15, -0.1) is 0 Å². The van der Waals surface area contributed by atoms with Gasteiger partial charge in [0.25, 0.3) is 5.91 Å². The Balaban J connectivity index is 2.10. The van der Waals surface area contributed by atoms with Gasteiger partial charge in [-0.2, -0.15) is 5.10 Å². The lowest BCUT2D eigenvalue weighted by Gasteiger charge is -2.30. The lowest BCUT2D eigenvalue weighted by molar-refractivity contribution is 0.0222. The number of carbonyl (C=O) groups is 2. The smallest absolute Gasteiger partial charge is 0.410 e. The molecule has 0 saturated heterocycles. The summed E-state index contributed by atoms with van der Waals surface area (Å²) in [5, 5.41) is 18.2. The Hall–Kier alpha value is -2.09. The first-order valence-electron chi connectivity index (χ1n) is 7.25. The van der Waals surface area contributed by atoms with Crippen molar-refractivity contribution >= 4 is 12.0 Å². The van der Waals surface area contributed by atoms with Crippen LogP contribution in [0.15, 0.2) is 0 Å². The summed E-state index contributed by atoms with van der Waals surface area (Å²) in [5.41, 5.74) is 1.26. The van der Waals surface area contributed by atoms with Gasteiger partial charge in [-0.25, -0.2) is 4.79 Å². The highest BCUT2D eigenvalue weighted by molar-refractivity contribution is 5.94. The van der Waals surface area contributed by atoms with E-state index in [0.717, 1.165) is 5.69 Å². The Bertz CT molecular complexity index is 562. The predicted octanol–water partition coefficient (Wildman–Crippen LogP) is 0.425. The molecule has 122 valence electrons. The highest BCUT2D eigenvalue weighted by Crippen LogP contribution is 2.22. The minimum absolute atomic E-state index is 0.137. The van der Waals surface area contributed by atoms with Gasteiger partial charge in [-0.05, 0) is 20.8 Å². The number of nitrogens with zero attached hydrogens (tertiary/aromatic N) is 2. The van der Waals surface area contributed by atoms with Gasteiger partial charge in [0.1, 0.15) is 5.60 Å². The van der Waals surface area contributed by atoms with Crippen molar-refractivity contribution in [1.29, 1.82) is 0 Å². The quantitative estimate of drug-likeness (QED) is 0.750. The van der Waals surface area contributed by atoms with E-state index < -0.39 is 11.7 Å². The molecule has 0 radical (unpaired) electrons. The Morgan fingerprint density at radius 1 is 1.45 bits per heavy atom. The molecular formula is C14H22N4O4. The number of hydrogen-bond donors (Lipinski definition) is 3. The average molecular weight is 310 g/mol. The fourth-order valence-electron chi connectivity index (χ4n) is 2.22. The topological polar surface area (TPSA) is 108 Å². The summed E-state index contributed by atoms with van der Waals surface area (Å²) >= 11 is 0. The number of H-pyrrole nitrogens is 1. The van der Waals surface area contributed by atoms with Crippen molar-refractivity contribution in [2.75, 3.05) is 19.7 Å². The molecule has 0 atom stereocenters. The van der Waals surface area contributed by atoms with E-state index in [0.29, 0.717) is 18.5 Å². The lowest BCUT2D eigenvalue weighted by atomic mass is 10.1. The largest absolute Gasteiger partial charge is 0.444 e. The Morgan fingerprint density at radius 3 is 2.82 bits per heavy atom. The van der Waals surface area contributed by atoms with Gasteiger partial charge in [-0.1, -0.05) is 0 Å². The summed E-state index contributed by atoms with van der Waals surface area (Å²) in [4.78, 5) is 25.7. The fraction of sp³-hybridized carbons (Fsp3) is 0.643. The third kappa shape index (κ3) is 3.76. The molecule has 1 aromatic heterocycles. The summed E-state index contributed by atoms with van der Waals surface area (Å²) in [6.45, 7) is 6.26. The lowest BCUT2D eigenvalue weighted by Crippen LogP contribution is -2.40.